The number of benzene rings is 2. The second kappa shape index (κ2) is 4.92. The molecule has 0 saturated carbocycles. The quantitative estimate of drug-likeness (QED) is 0.729. The second-order valence-electron chi connectivity index (χ2n) is 4.66. The molecule has 0 aliphatic rings. The van der Waals surface area contributed by atoms with Crippen molar-refractivity contribution in [1.82, 2.24) is 0 Å². The SMILES string of the molecule is CC(=O)c1ccc(F)cc1-c1c(C)cc(F)cc1C. The fraction of sp³-hybridized carbons (Fsp3) is 0.188. The largest absolute Gasteiger partial charge is 0.294 e. The smallest absolute Gasteiger partial charge is 0.160 e. The Morgan fingerprint density at radius 2 is 1.53 bits per heavy atom. The summed E-state index contributed by atoms with van der Waals surface area (Å²) in [6, 6.07) is 6.82. The van der Waals surface area contributed by atoms with Crippen LogP contribution in [0.25, 0.3) is 11.1 Å². The molecule has 0 amide bonds. The number of Topliss-reactive ketones (excluding diaryl/α,β-unsaturated/α-hetero) is 1. The molecule has 0 N–H and O–H groups in total. The number of halogens is 2. The third-order valence-corrected chi connectivity index (χ3v) is 3.13. The van der Waals surface area contributed by atoms with E-state index < -0.39 is 5.82 Å². The van der Waals surface area contributed by atoms with Crippen LogP contribution in [-0.4, -0.2) is 5.78 Å². The second-order valence-corrected chi connectivity index (χ2v) is 4.66. The molecule has 0 saturated heterocycles. The molecule has 0 fully saturated rings. The summed E-state index contributed by atoms with van der Waals surface area (Å²) in [6.45, 7) is 4.94. The summed E-state index contributed by atoms with van der Waals surface area (Å²) in [5.41, 5.74) is 3.05. The van der Waals surface area contributed by atoms with Gasteiger partial charge in [0, 0.05) is 5.56 Å². The van der Waals surface area contributed by atoms with Gasteiger partial charge in [0.25, 0.3) is 0 Å². The Morgan fingerprint density at radius 3 is 2.05 bits per heavy atom. The first kappa shape index (κ1) is 13.4. The third-order valence-electron chi connectivity index (χ3n) is 3.13. The number of hydrogen-bond acceptors (Lipinski definition) is 1. The van der Waals surface area contributed by atoms with Gasteiger partial charge < -0.3 is 0 Å². The predicted molar refractivity (Wildman–Crippen MR) is 71.3 cm³/mol. The minimum Gasteiger partial charge on any atom is -0.294 e. The summed E-state index contributed by atoms with van der Waals surface area (Å²) in [5.74, 6) is -0.888. The highest BCUT2D eigenvalue weighted by atomic mass is 19.1. The van der Waals surface area contributed by atoms with Crippen molar-refractivity contribution in [2.24, 2.45) is 0 Å². The van der Waals surface area contributed by atoms with Crippen LogP contribution in [0.4, 0.5) is 8.78 Å². The van der Waals surface area contributed by atoms with E-state index in [0.29, 0.717) is 27.8 Å². The van der Waals surface area contributed by atoms with Crippen molar-refractivity contribution >= 4 is 5.78 Å². The summed E-state index contributed by atoms with van der Waals surface area (Å²) in [6.07, 6.45) is 0. The first-order chi connectivity index (χ1) is 8.90. The molecule has 1 nitrogen and oxygen atoms in total. The minimum atomic E-state index is -0.414. The molecule has 19 heavy (non-hydrogen) atoms. The van der Waals surface area contributed by atoms with Crippen molar-refractivity contribution in [2.75, 3.05) is 0 Å². The summed E-state index contributed by atoms with van der Waals surface area (Å²) in [5, 5.41) is 0. The molecule has 2 aromatic rings. The number of ketones is 1. The van der Waals surface area contributed by atoms with Crippen LogP contribution in [0.2, 0.25) is 0 Å². The van der Waals surface area contributed by atoms with Crippen LogP contribution in [0.1, 0.15) is 28.4 Å². The van der Waals surface area contributed by atoms with Crippen molar-refractivity contribution in [2.45, 2.75) is 20.8 Å². The number of carbonyl (C=O) groups excluding carboxylic acids is 1. The van der Waals surface area contributed by atoms with E-state index in [4.69, 9.17) is 0 Å². The van der Waals surface area contributed by atoms with E-state index in [9.17, 15) is 13.6 Å². The Hall–Kier alpha value is -2.03. The molecule has 98 valence electrons. The molecule has 0 bridgehead atoms. The minimum absolute atomic E-state index is 0.141. The van der Waals surface area contributed by atoms with Gasteiger partial charge in [0.1, 0.15) is 11.6 Å². The Bertz CT molecular complexity index is 637. The van der Waals surface area contributed by atoms with E-state index in [-0.39, 0.29) is 11.6 Å². The fourth-order valence-electron chi connectivity index (χ4n) is 2.37. The summed E-state index contributed by atoms with van der Waals surface area (Å²) < 4.78 is 26.8. The van der Waals surface area contributed by atoms with Gasteiger partial charge in [0.2, 0.25) is 0 Å². The Kier molecular flexibility index (Phi) is 3.47. The molecular formula is C16H14F2O. The average molecular weight is 260 g/mol. The number of hydrogen-bond donors (Lipinski definition) is 0. The molecule has 0 aliphatic carbocycles. The fourth-order valence-corrected chi connectivity index (χ4v) is 2.37. The van der Waals surface area contributed by atoms with E-state index in [1.165, 1.54) is 37.3 Å². The molecular weight excluding hydrogens is 246 g/mol. The zero-order valence-electron chi connectivity index (χ0n) is 11.1. The van der Waals surface area contributed by atoms with Crippen molar-refractivity contribution in [3.63, 3.8) is 0 Å². The van der Waals surface area contributed by atoms with Gasteiger partial charge in [0.05, 0.1) is 0 Å². The average Bonchev–Trinajstić information content (AvgIpc) is 2.27. The molecule has 0 unspecified atom stereocenters. The molecule has 0 heterocycles. The van der Waals surface area contributed by atoms with Crippen LogP contribution >= 0.6 is 0 Å². The zero-order valence-corrected chi connectivity index (χ0v) is 11.1. The van der Waals surface area contributed by atoms with E-state index in [1.54, 1.807) is 13.8 Å². The first-order valence-electron chi connectivity index (χ1n) is 5.97. The molecule has 0 aliphatic heterocycles. The molecule has 0 atom stereocenters. The van der Waals surface area contributed by atoms with Gasteiger partial charge in [-0.05, 0) is 73.4 Å². The molecule has 0 aromatic heterocycles. The van der Waals surface area contributed by atoms with Crippen LogP contribution in [-0.2, 0) is 0 Å². The lowest BCUT2D eigenvalue weighted by atomic mass is 9.91. The number of rotatable bonds is 2. The van der Waals surface area contributed by atoms with Crippen molar-refractivity contribution < 1.29 is 13.6 Å². The van der Waals surface area contributed by atoms with E-state index >= 15 is 0 Å². The Labute approximate surface area is 110 Å². The summed E-state index contributed by atoms with van der Waals surface area (Å²) in [7, 11) is 0. The van der Waals surface area contributed by atoms with Crippen molar-refractivity contribution in [1.29, 1.82) is 0 Å². The zero-order chi connectivity index (χ0) is 14.2. The molecule has 3 heteroatoms. The van der Waals surface area contributed by atoms with Gasteiger partial charge in [-0.15, -0.1) is 0 Å². The maximum absolute atomic E-state index is 13.5. The van der Waals surface area contributed by atoms with Gasteiger partial charge in [-0.3, -0.25) is 4.79 Å². The molecule has 0 spiro atoms. The van der Waals surface area contributed by atoms with E-state index in [2.05, 4.69) is 0 Å². The standard InChI is InChI=1S/C16H14F2O/c1-9-6-13(18)7-10(2)16(9)15-8-12(17)4-5-14(15)11(3)19/h4-8H,1-3H3. The van der Waals surface area contributed by atoms with Crippen LogP contribution in [0.5, 0.6) is 0 Å². The molecule has 2 rings (SSSR count). The number of aryl methyl sites for hydroxylation is 2. The highest BCUT2D eigenvalue weighted by molar-refractivity contribution is 6.01. The lowest BCUT2D eigenvalue weighted by Crippen LogP contribution is -2.00. The van der Waals surface area contributed by atoms with E-state index in [1.807, 2.05) is 0 Å². The topological polar surface area (TPSA) is 17.1 Å². The normalized spacial score (nSPS) is 10.6. The highest BCUT2D eigenvalue weighted by Gasteiger charge is 2.15. The predicted octanol–water partition coefficient (Wildman–Crippen LogP) is 4.45. The number of carbonyl (C=O) groups is 1. The molecule has 2 aromatic carbocycles. The van der Waals surface area contributed by atoms with Gasteiger partial charge in [-0.2, -0.15) is 0 Å². The van der Waals surface area contributed by atoms with E-state index in [0.717, 1.165) is 0 Å². The highest BCUT2D eigenvalue weighted by Crippen LogP contribution is 2.31. The third kappa shape index (κ3) is 2.55. The summed E-state index contributed by atoms with van der Waals surface area (Å²) in [4.78, 5) is 11.6. The monoisotopic (exact) mass is 260 g/mol. The Morgan fingerprint density at radius 1 is 0.947 bits per heavy atom. The van der Waals surface area contributed by atoms with Gasteiger partial charge in [-0.1, -0.05) is 0 Å². The van der Waals surface area contributed by atoms with Crippen LogP contribution < -0.4 is 0 Å². The van der Waals surface area contributed by atoms with Crippen LogP contribution in [0.15, 0.2) is 30.3 Å². The summed E-state index contributed by atoms with van der Waals surface area (Å²) >= 11 is 0. The lowest BCUT2D eigenvalue weighted by Gasteiger charge is -2.13. The molecule has 0 radical (unpaired) electrons. The van der Waals surface area contributed by atoms with Crippen molar-refractivity contribution in [3.8, 4) is 11.1 Å². The maximum atomic E-state index is 13.5. The Balaban J connectivity index is 2.78. The lowest BCUT2D eigenvalue weighted by molar-refractivity contribution is 0.101. The maximum Gasteiger partial charge on any atom is 0.160 e. The van der Waals surface area contributed by atoms with Gasteiger partial charge in [-0.25, -0.2) is 8.78 Å². The van der Waals surface area contributed by atoms with Crippen LogP contribution in [0, 0.1) is 25.5 Å². The van der Waals surface area contributed by atoms with Crippen molar-refractivity contribution in [3.05, 3.63) is 58.7 Å². The van der Waals surface area contributed by atoms with Gasteiger partial charge >= 0.3 is 0 Å². The van der Waals surface area contributed by atoms with Gasteiger partial charge in [0.15, 0.2) is 5.78 Å². The first-order valence-corrected chi connectivity index (χ1v) is 5.97. The van der Waals surface area contributed by atoms with Crippen LogP contribution in [0.3, 0.4) is 0 Å².